The van der Waals surface area contributed by atoms with E-state index >= 15 is 0 Å². The molecule has 15 aromatic carbocycles. The van der Waals surface area contributed by atoms with Crippen molar-refractivity contribution in [2.24, 2.45) is 0 Å². The van der Waals surface area contributed by atoms with Crippen molar-refractivity contribution in [3.05, 3.63) is 397 Å². The summed E-state index contributed by atoms with van der Waals surface area (Å²) in [5.41, 5.74) is 35.7. The summed E-state index contributed by atoms with van der Waals surface area (Å²) in [6.45, 7) is 13.8. The summed E-state index contributed by atoms with van der Waals surface area (Å²) in [4.78, 5) is 30.0. The van der Waals surface area contributed by atoms with Gasteiger partial charge in [-0.3, -0.25) is 4.98 Å². The first-order chi connectivity index (χ1) is 59.7. The van der Waals surface area contributed by atoms with Gasteiger partial charge in [0, 0.05) is 105 Å². The molecule has 578 valence electrons. The minimum Gasteiger partial charge on any atom is -0.456 e. The number of rotatable bonds is 8. The summed E-state index contributed by atoms with van der Waals surface area (Å²) in [6.07, 6.45) is 1.84. The minimum atomic E-state index is -0.133. The average molecular weight is 1570 g/mol. The lowest BCUT2D eigenvalue weighted by Gasteiger charge is -2.21. The van der Waals surface area contributed by atoms with Gasteiger partial charge < -0.3 is 13.3 Å². The summed E-state index contributed by atoms with van der Waals surface area (Å²) in [6, 6.07) is 125. The zero-order valence-corrected chi connectivity index (χ0v) is 68.0. The molecule has 0 amide bonds. The summed E-state index contributed by atoms with van der Waals surface area (Å²) in [5.74, 6) is 1.42. The Balaban J connectivity index is 0.000000106. The highest BCUT2D eigenvalue weighted by Crippen LogP contribution is 2.56. The van der Waals surface area contributed by atoms with Crippen molar-refractivity contribution in [3.63, 3.8) is 0 Å². The van der Waals surface area contributed by atoms with Gasteiger partial charge in [0.1, 0.15) is 33.5 Å². The van der Waals surface area contributed by atoms with E-state index in [2.05, 4.69) is 313 Å². The maximum absolute atomic E-state index is 6.52. The van der Waals surface area contributed by atoms with E-state index in [9.17, 15) is 0 Å². The van der Waals surface area contributed by atoms with Gasteiger partial charge in [-0.2, -0.15) is 0 Å². The molecule has 7 aromatic heterocycles. The van der Waals surface area contributed by atoms with Gasteiger partial charge in [-0.15, -0.1) is 0 Å². The molecule has 9 heteroatoms. The molecule has 3 aliphatic carbocycles. The van der Waals surface area contributed by atoms with Crippen LogP contribution in [-0.2, 0) is 16.2 Å². The second-order valence-corrected chi connectivity index (χ2v) is 34.0. The second-order valence-electron chi connectivity index (χ2n) is 34.0. The SMILES string of the molecule is CC1(C)c2ccc(-c3cc(-c4ccccc4)nc(-c4ccccc4)n3)cc2-c2cc3c(cc21)oc1ccccc13.CC1(C)c2ccc(-c3cc(-c4ccccn4)cc(-c4ccccc4)n3)cc2-c2cc3c(cc21)oc1ccccc13.CC1(C)c2ccccc2-c2c1ccc1oc3cc(-c4nc(-c5ccc6ccccc6c5)c5ccccc5n4)ccc3c21. The Morgan fingerprint density at radius 3 is 1.34 bits per heavy atom. The quantitative estimate of drug-likeness (QED) is 0.147. The number of hydrogen-bond acceptors (Lipinski definition) is 9. The Labute approximate surface area is 705 Å². The van der Waals surface area contributed by atoms with Crippen LogP contribution in [0.15, 0.2) is 377 Å². The normalized spacial score (nSPS) is 13.5. The van der Waals surface area contributed by atoms with Crippen LogP contribution in [0, 0.1) is 0 Å². The fourth-order valence-electron chi connectivity index (χ4n) is 19.4. The molecule has 0 atom stereocenters. The van der Waals surface area contributed by atoms with E-state index in [4.69, 9.17) is 38.2 Å². The van der Waals surface area contributed by atoms with Crippen molar-refractivity contribution in [1.82, 2.24) is 29.9 Å². The standard InChI is InChI=1S/C39H26N2O.2C37H26N2O/c1-39(2)30-13-7-5-11-27(30)35-31(39)19-20-33-36(35)29-18-17-26(22-34(29)42-33)38-40-32-14-8-6-12-28(32)37(41-38)25-16-15-23-9-3-4-10-24(23)21-25;1-37(2)30-18-17-25(19-27(30)28-20-29-26-15-9-10-16-34(26)40-35(29)21-31(28)37)33-22-32(23-11-5-3-6-12-23)38-36(39-33)24-13-7-4-8-14-24;1-37(2)30-16-15-24(18-27(30)28-21-29-26-12-6-7-14-35(26)40-36(29)22-31(28)37)34-20-25(32-13-8-9-17-38-32)19-33(39-34)23-10-4-3-5-11-23/h3-22H,1-2H3;2*3-22H,1-2H3. The molecule has 0 N–H and O–H groups in total. The highest BCUT2D eigenvalue weighted by Gasteiger charge is 2.40. The van der Waals surface area contributed by atoms with Crippen LogP contribution in [-0.4, -0.2) is 29.9 Å². The molecular weight excluding hydrogens is 1490 g/mol. The van der Waals surface area contributed by atoms with Gasteiger partial charge in [-0.25, -0.2) is 24.9 Å². The molecule has 22 aromatic rings. The molecule has 0 fully saturated rings. The van der Waals surface area contributed by atoms with Crippen molar-refractivity contribution in [3.8, 4) is 124 Å². The maximum atomic E-state index is 6.52. The molecule has 0 unspecified atom stereocenters. The van der Waals surface area contributed by atoms with Gasteiger partial charge in [0.2, 0.25) is 0 Å². The van der Waals surface area contributed by atoms with Crippen molar-refractivity contribution in [1.29, 1.82) is 0 Å². The Morgan fingerprint density at radius 1 is 0.221 bits per heavy atom. The molecule has 25 rings (SSSR count). The van der Waals surface area contributed by atoms with Crippen LogP contribution in [0.1, 0.15) is 74.9 Å². The largest absolute Gasteiger partial charge is 0.456 e. The molecule has 0 saturated heterocycles. The predicted octanol–water partition coefficient (Wildman–Crippen LogP) is 29.7. The van der Waals surface area contributed by atoms with E-state index in [-0.39, 0.29) is 16.2 Å². The zero-order valence-electron chi connectivity index (χ0n) is 68.0. The predicted molar refractivity (Wildman–Crippen MR) is 499 cm³/mol. The summed E-state index contributed by atoms with van der Waals surface area (Å²) in [5, 5.41) is 10.4. The molecular formula is C113H78N6O3. The lowest BCUT2D eigenvalue weighted by Crippen LogP contribution is -2.14. The minimum absolute atomic E-state index is 0.0538. The molecule has 0 aliphatic heterocycles. The smallest absolute Gasteiger partial charge is 0.160 e. The summed E-state index contributed by atoms with van der Waals surface area (Å²) < 4.78 is 19.0. The van der Waals surface area contributed by atoms with Gasteiger partial charge in [0.15, 0.2) is 11.6 Å². The third-order valence-electron chi connectivity index (χ3n) is 25.7. The number of benzene rings is 15. The topological polar surface area (TPSA) is 117 Å². The maximum Gasteiger partial charge on any atom is 0.160 e. The van der Waals surface area contributed by atoms with E-state index in [0.29, 0.717) is 5.82 Å². The van der Waals surface area contributed by atoms with E-state index in [0.717, 1.165) is 156 Å². The third kappa shape index (κ3) is 11.8. The monoisotopic (exact) mass is 1570 g/mol. The molecule has 7 heterocycles. The van der Waals surface area contributed by atoms with Gasteiger partial charge in [-0.05, 0) is 187 Å². The number of nitrogens with zero attached hydrogens (tertiary/aromatic N) is 6. The van der Waals surface area contributed by atoms with Gasteiger partial charge in [-0.1, -0.05) is 290 Å². The van der Waals surface area contributed by atoms with Gasteiger partial charge >= 0.3 is 0 Å². The summed E-state index contributed by atoms with van der Waals surface area (Å²) in [7, 11) is 0. The summed E-state index contributed by atoms with van der Waals surface area (Å²) >= 11 is 0. The highest BCUT2D eigenvalue weighted by molar-refractivity contribution is 6.16. The highest BCUT2D eigenvalue weighted by atomic mass is 16.3. The Kier molecular flexibility index (Phi) is 16.5. The van der Waals surface area contributed by atoms with E-state index in [1.54, 1.807) is 0 Å². The third-order valence-corrected chi connectivity index (χ3v) is 25.7. The van der Waals surface area contributed by atoms with E-state index in [1.165, 1.54) is 82.9 Å². The zero-order chi connectivity index (χ0) is 81.7. The molecule has 0 saturated carbocycles. The number of pyridine rings is 2. The molecule has 9 nitrogen and oxygen atoms in total. The number of hydrogen-bond donors (Lipinski definition) is 0. The Morgan fingerprint density at radius 2 is 0.697 bits per heavy atom. The molecule has 0 spiro atoms. The van der Waals surface area contributed by atoms with Crippen LogP contribution in [0.3, 0.4) is 0 Å². The fourth-order valence-corrected chi connectivity index (χ4v) is 19.4. The molecule has 3 aliphatic rings. The number of furan rings is 3. The Hall–Kier alpha value is -15.3. The first kappa shape index (κ1) is 72.0. The lowest BCUT2D eigenvalue weighted by molar-refractivity contribution is 0.647. The number of aromatic nitrogens is 6. The first-order valence-electron chi connectivity index (χ1n) is 41.8. The van der Waals surface area contributed by atoms with E-state index < -0.39 is 0 Å². The van der Waals surface area contributed by atoms with Crippen molar-refractivity contribution in [2.45, 2.75) is 57.8 Å². The van der Waals surface area contributed by atoms with Gasteiger partial charge in [0.05, 0.1) is 39.7 Å². The van der Waals surface area contributed by atoms with Crippen molar-refractivity contribution < 1.29 is 13.3 Å². The number of para-hydroxylation sites is 3. The fraction of sp³-hybridized carbons (Fsp3) is 0.0796. The van der Waals surface area contributed by atoms with Gasteiger partial charge in [0.25, 0.3) is 0 Å². The average Bonchev–Trinajstić information content (AvgIpc) is 1.57. The van der Waals surface area contributed by atoms with Crippen LogP contribution in [0.2, 0.25) is 0 Å². The molecule has 122 heavy (non-hydrogen) atoms. The Bertz CT molecular complexity index is 7620. The van der Waals surface area contributed by atoms with Crippen LogP contribution in [0.25, 0.3) is 211 Å². The van der Waals surface area contributed by atoms with Crippen molar-refractivity contribution in [2.75, 3.05) is 0 Å². The van der Waals surface area contributed by atoms with Crippen LogP contribution in [0.4, 0.5) is 0 Å². The first-order valence-corrected chi connectivity index (χ1v) is 41.8. The van der Waals surface area contributed by atoms with E-state index in [1.807, 2.05) is 97.2 Å². The number of fused-ring (bicyclic) bond motifs is 21. The van der Waals surface area contributed by atoms with Crippen LogP contribution in [0.5, 0.6) is 0 Å². The van der Waals surface area contributed by atoms with Crippen LogP contribution >= 0.6 is 0 Å². The molecule has 0 radical (unpaired) electrons. The second kappa shape index (κ2) is 27.9. The molecule has 0 bridgehead atoms. The van der Waals surface area contributed by atoms with Crippen molar-refractivity contribution >= 4 is 87.5 Å². The lowest BCUT2D eigenvalue weighted by atomic mass is 9.82. The van der Waals surface area contributed by atoms with Crippen LogP contribution < -0.4 is 0 Å².